The minimum absolute atomic E-state index is 0.294. The molecule has 0 saturated carbocycles. The summed E-state index contributed by atoms with van der Waals surface area (Å²) in [6, 6.07) is 0.970. The van der Waals surface area contributed by atoms with Gasteiger partial charge in [0.05, 0.1) is 6.10 Å². The van der Waals surface area contributed by atoms with Crippen LogP contribution in [0.1, 0.15) is 27.7 Å². The minimum atomic E-state index is 0.294. The average Bonchev–Trinajstić information content (AvgIpc) is 1.85. The lowest BCUT2D eigenvalue weighted by Crippen LogP contribution is -2.40. The van der Waals surface area contributed by atoms with Crippen LogP contribution in [0.15, 0.2) is 0 Å². The van der Waals surface area contributed by atoms with Crippen molar-refractivity contribution in [2.45, 2.75) is 45.9 Å². The maximum Gasteiger partial charge on any atom is 0.0693 e. The van der Waals surface area contributed by atoms with Crippen LogP contribution in [-0.4, -0.2) is 25.3 Å². The van der Waals surface area contributed by atoms with Gasteiger partial charge in [0.15, 0.2) is 0 Å². The average molecular weight is 145 g/mol. The summed E-state index contributed by atoms with van der Waals surface area (Å²) in [6.07, 6.45) is 0.294. The maximum absolute atomic E-state index is 5.15. The van der Waals surface area contributed by atoms with E-state index in [-0.39, 0.29) is 0 Å². The molecule has 1 N–H and O–H groups in total. The molecule has 0 amide bonds. The van der Waals surface area contributed by atoms with E-state index in [4.69, 9.17) is 4.74 Å². The molecule has 0 aromatic carbocycles. The molecule has 0 aliphatic carbocycles. The molecule has 0 radical (unpaired) electrons. The van der Waals surface area contributed by atoms with Crippen LogP contribution < -0.4 is 5.32 Å². The Kier molecular flexibility index (Phi) is 4.65. The third-order valence-corrected chi connectivity index (χ3v) is 1.67. The van der Waals surface area contributed by atoms with Crippen LogP contribution in [-0.2, 0) is 4.74 Å². The summed E-state index contributed by atoms with van der Waals surface area (Å²) >= 11 is 0. The number of methoxy groups -OCH3 is 1. The molecule has 0 fully saturated rings. The Morgan fingerprint density at radius 1 is 1.10 bits per heavy atom. The van der Waals surface area contributed by atoms with E-state index in [1.165, 1.54) is 0 Å². The van der Waals surface area contributed by atoms with Crippen molar-refractivity contribution in [2.75, 3.05) is 7.11 Å². The first kappa shape index (κ1) is 9.92. The van der Waals surface area contributed by atoms with E-state index in [1.807, 2.05) is 0 Å². The van der Waals surface area contributed by atoms with E-state index in [9.17, 15) is 0 Å². The molecule has 0 rings (SSSR count). The molecule has 62 valence electrons. The fourth-order valence-corrected chi connectivity index (χ4v) is 0.865. The minimum Gasteiger partial charge on any atom is -0.380 e. The van der Waals surface area contributed by atoms with Gasteiger partial charge in [-0.05, 0) is 13.8 Å². The van der Waals surface area contributed by atoms with Crippen molar-refractivity contribution in [1.29, 1.82) is 0 Å². The fourth-order valence-electron chi connectivity index (χ4n) is 0.865. The normalized spacial score (nSPS) is 17.4. The van der Waals surface area contributed by atoms with Crippen LogP contribution >= 0.6 is 0 Å². The molecule has 0 saturated heterocycles. The van der Waals surface area contributed by atoms with E-state index in [0.29, 0.717) is 18.2 Å². The molecule has 0 bridgehead atoms. The molecule has 2 nitrogen and oxygen atoms in total. The highest BCUT2D eigenvalue weighted by Gasteiger charge is 2.10. The van der Waals surface area contributed by atoms with Crippen LogP contribution in [0.4, 0.5) is 0 Å². The second kappa shape index (κ2) is 4.69. The molecule has 10 heavy (non-hydrogen) atoms. The third kappa shape index (κ3) is 3.85. The van der Waals surface area contributed by atoms with Gasteiger partial charge in [0, 0.05) is 19.2 Å². The van der Waals surface area contributed by atoms with Crippen LogP contribution in [0.3, 0.4) is 0 Å². The smallest absolute Gasteiger partial charge is 0.0693 e. The highest BCUT2D eigenvalue weighted by molar-refractivity contribution is 4.69. The van der Waals surface area contributed by atoms with Gasteiger partial charge in [-0.1, -0.05) is 13.8 Å². The summed E-state index contributed by atoms with van der Waals surface area (Å²) in [5, 5.41) is 3.37. The molecule has 0 spiro atoms. The van der Waals surface area contributed by atoms with Crippen LogP contribution in [0.2, 0.25) is 0 Å². The Morgan fingerprint density at radius 3 is 1.90 bits per heavy atom. The molecule has 2 atom stereocenters. The van der Waals surface area contributed by atoms with E-state index in [2.05, 4.69) is 33.0 Å². The zero-order chi connectivity index (χ0) is 8.15. The summed E-state index contributed by atoms with van der Waals surface area (Å²) < 4.78 is 5.15. The van der Waals surface area contributed by atoms with E-state index >= 15 is 0 Å². The number of rotatable bonds is 4. The summed E-state index contributed by atoms with van der Waals surface area (Å²) in [6.45, 7) is 8.48. The van der Waals surface area contributed by atoms with Gasteiger partial charge in [-0.3, -0.25) is 0 Å². The Balaban J connectivity index is 3.50. The molecular weight excluding hydrogens is 126 g/mol. The largest absolute Gasteiger partial charge is 0.380 e. The topological polar surface area (TPSA) is 21.3 Å². The quantitative estimate of drug-likeness (QED) is 0.645. The highest BCUT2D eigenvalue weighted by atomic mass is 16.5. The zero-order valence-electron chi connectivity index (χ0n) is 7.64. The van der Waals surface area contributed by atoms with Crippen molar-refractivity contribution >= 4 is 0 Å². The van der Waals surface area contributed by atoms with Crippen molar-refractivity contribution in [2.24, 2.45) is 0 Å². The van der Waals surface area contributed by atoms with Crippen molar-refractivity contribution in [3.63, 3.8) is 0 Å². The van der Waals surface area contributed by atoms with E-state index < -0.39 is 0 Å². The highest BCUT2D eigenvalue weighted by Crippen LogP contribution is 1.96. The Bertz CT molecular complexity index is 83.3. The monoisotopic (exact) mass is 145 g/mol. The van der Waals surface area contributed by atoms with Crippen molar-refractivity contribution < 1.29 is 4.74 Å². The SMILES string of the molecule is CO[C@@H](C)[C@H](C)NC(C)C. The Hall–Kier alpha value is -0.0800. The summed E-state index contributed by atoms with van der Waals surface area (Å²) in [4.78, 5) is 0. The number of hydrogen-bond donors (Lipinski definition) is 1. The van der Waals surface area contributed by atoms with Gasteiger partial charge < -0.3 is 10.1 Å². The van der Waals surface area contributed by atoms with Gasteiger partial charge in [0.1, 0.15) is 0 Å². The third-order valence-electron chi connectivity index (χ3n) is 1.67. The van der Waals surface area contributed by atoms with E-state index in [0.717, 1.165) is 0 Å². The van der Waals surface area contributed by atoms with Gasteiger partial charge >= 0.3 is 0 Å². The second-order valence-corrected chi connectivity index (χ2v) is 3.05. The second-order valence-electron chi connectivity index (χ2n) is 3.05. The molecule has 0 unspecified atom stereocenters. The predicted molar refractivity (Wildman–Crippen MR) is 44.2 cm³/mol. The molecular formula is C8H19NO. The van der Waals surface area contributed by atoms with Gasteiger partial charge in [0.2, 0.25) is 0 Å². The first-order valence-electron chi connectivity index (χ1n) is 3.86. The van der Waals surface area contributed by atoms with Crippen LogP contribution in [0.5, 0.6) is 0 Å². The zero-order valence-corrected chi connectivity index (χ0v) is 7.64. The summed E-state index contributed by atoms with van der Waals surface area (Å²) in [7, 11) is 1.74. The predicted octanol–water partition coefficient (Wildman–Crippen LogP) is 1.41. The molecule has 0 aliphatic heterocycles. The van der Waals surface area contributed by atoms with Gasteiger partial charge in [-0.25, -0.2) is 0 Å². The maximum atomic E-state index is 5.15. The lowest BCUT2D eigenvalue weighted by molar-refractivity contribution is 0.0860. The molecule has 0 aromatic rings. The lowest BCUT2D eigenvalue weighted by Gasteiger charge is -2.21. The van der Waals surface area contributed by atoms with Crippen LogP contribution in [0.25, 0.3) is 0 Å². The standard InChI is InChI=1S/C8H19NO/c1-6(2)9-7(3)8(4)10-5/h6-9H,1-5H3/t7-,8-/m0/s1. The molecule has 0 aromatic heterocycles. The van der Waals surface area contributed by atoms with Crippen molar-refractivity contribution in [1.82, 2.24) is 5.32 Å². The first-order valence-corrected chi connectivity index (χ1v) is 3.86. The van der Waals surface area contributed by atoms with Crippen molar-refractivity contribution in [3.05, 3.63) is 0 Å². The Morgan fingerprint density at radius 2 is 1.60 bits per heavy atom. The first-order chi connectivity index (χ1) is 4.57. The summed E-state index contributed by atoms with van der Waals surface area (Å²) in [5.41, 5.74) is 0. The van der Waals surface area contributed by atoms with Gasteiger partial charge in [0.25, 0.3) is 0 Å². The van der Waals surface area contributed by atoms with Gasteiger partial charge in [-0.15, -0.1) is 0 Å². The molecule has 0 aliphatic rings. The van der Waals surface area contributed by atoms with Crippen LogP contribution in [0, 0.1) is 0 Å². The number of ether oxygens (including phenoxy) is 1. The number of nitrogens with one attached hydrogen (secondary N) is 1. The molecule has 2 heteroatoms. The Labute approximate surface area is 64.0 Å². The van der Waals surface area contributed by atoms with E-state index in [1.54, 1.807) is 7.11 Å². The fraction of sp³-hybridized carbons (Fsp3) is 1.00. The number of hydrogen-bond acceptors (Lipinski definition) is 2. The molecule has 0 heterocycles. The van der Waals surface area contributed by atoms with Crippen molar-refractivity contribution in [3.8, 4) is 0 Å². The summed E-state index contributed by atoms with van der Waals surface area (Å²) in [5.74, 6) is 0. The lowest BCUT2D eigenvalue weighted by atomic mass is 10.2. The van der Waals surface area contributed by atoms with Gasteiger partial charge in [-0.2, -0.15) is 0 Å².